The molecule has 1 saturated carbocycles. The predicted octanol–water partition coefficient (Wildman–Crippen LogP) is 2.88. The highest BCUT2D eigenvalue weighted by molar-refractivity contribution is 5.59. The Morgan fingerprint density at radius 2 is 2.00 bits per heavy atom. The highest BCUT2D eigenvalue weighted by atomic mass is 16.5. The lowest BCUT2D eigenvalue weighted by atomic mass is 9.89. The number of benzene rings is 1. The van der Waals surface area contributed by atoms with E-state index in [1.165, 1.54) is 37.3 Å². The summed E-state index contributed by atoms with van der Waals surface area (Å²) in [5.74, 6) is 0. The quantitative estimate of drug-likeness (QED) is 0.884. The molecule has 98 valence electrons. The summed E-state index contributed by atoms with van der Waals surface area (Å²) in [6, 6.07) is 9.41. The molecule has 1 heterocycles. The van der Waals surface area contributed by atoms with Gasteiger partial charge in [0.15, 0.2) is 0 Å². The molecule has 1 saturated heterocycles. The number of anilines is 2. The van der Waals surface area contributed by atoms with Crippen molar-refractivity contribution in [2.75, 3.05) is 30.4 Å². The molecule has 1 aromatic rings. The second-order valence-corrected chi connectivity index (χ2v) is 5.41. The largest absolute Gasteiger partial charge is 0.382 e. The zero-order chi connectivity index (χ0) is 12.4. The van der Waals surface area contributed by atoms with Crippen LogP contribution in [0.3, 0.4) is 0 Å². The zero-order valence-corrected chi connectivity index (χ0v) is 11.1. The van der Waals surface area contributed by atoms with Gasteiger partial charge in [0.05, 0.1) is 6.10 Å². The van der Waals surface area contributed by atoms with Gasteiger partial charge in [0.2, 0.25) is 0 Å². The molecular weight excluding hydrogens is 224 g/mol. The first-order chi connectivity index (χ1) is 8.85. The van der Waals surface area contributed by atoms with Crippen molar-refractivity contribution >= 4 is 11.4 Å². The zero-order valence-electron chi connectivity index (χ0n) is 11.1. The minimum atomic E-state index is 0.462. The monoisotopic (exact) mass is 246 g/mol. The lowest BCUT2D eigenvalue weighted by molar-refractivity contribution is 0.0329. The third-order valence-corrected chi connectivity index (χ3v) is 4.12. The first-order valence-electron chi connectivity index (χ1n) is 6.99. The van der Waals surface area contributed by atoms with Gasteiger partial charge in [-0.15, -0.1) is 0 Å². The van der Waals surface area contributed by atoms with Gasteiger partial charge in [-0.25, -0.2) is 0 Å². The molecule has 0 radical (unpaired) electrons. The van der Waals surface area contributed by atoms with E-state index in [0.29, 0.717) is 12.1 Å². The maximum atomic E-state index is 5.31. The van der Waals surface area contributed by atoms with Gasteiger partial charge in [-0.2, -0.15) is 0 Å². The molecule has 3 heteroatoms. The summed E-state index contributed by atoms with van der Waals surface area (Å²) in [6.07, 6.45) is 5.38. The van der Waals surface area contributed by atoms with Crippen LogP contribution < -0.4 is 10.2 Å². The summed E-state index contributed by atoms with van der Waals surface area (Å²) >= 11 is 0. The molecule has 0 amide bonds. The molecule has 1 aliphatic carbocycles. The average molecular weight is 246 g/mol. The standard InChI is InChI=1S/C15H22N2O/c1-18-15-10-13(11-15)16-12-5-4-6-14(9-12)17-7-2-3-8-17/h4-6,9,13,15-16H,2-3,7-8,10-11H2,1H3. The van der Waals surface area contributed by atoms with Crippen molar-refractivity contribution in [3.63, 3.8) is 0 Å². The van der Waals surface area contributed by atoms with E-state index < -0.39 is 0 Å². The van der Waals surface area contributed by atoms with Crippen LogP contribution in [0.15, 0.2) is 24.3 Å². The van der Waals surface area contributed by atoms with E-state index in [0.717, 1.165) is 12.8 Å². The Morgan fingerprint density at radius 1 is 1.22 bits per heavy atom. The predicted molar refractivity (Wildman–Crippen MR) is 75.3 cm³/mol. The van der Waals surface area contributed by atoms with E-state index in [2.05, 4.69) is 34.5 Å². The van der Waals surface area contributed by atoms with Crippen molar-refractivity contribution in [2.45, 2.75) is 37.8 Å². The van der Waals surface area contributed by atoms with Gasteiger partial charge in [-0.3, -0.25) is 0 Å². The molecule has 0 spiro atoms. The molecule has 2 aliphatic rings. The summed E-state index contributed by atoms with van der Waals surface area (Å²) in [5.41, 5.74) is 2.61. The first-order valence-corrected chi connectivity index (χ1v) is 6.99. The van der Waals surface area contributed by atoms with Crippen molar-refractivity contribution in [2.24, 2.45) is 0 Å². The fourth-order valence-corrected chi connectivity index (χ4v) is 2.88. The van der Waals surface area contributed by atoms with Crippen LogP contribution in [0.2, 0.25) is 0 Å². The normalized spacial score (nSPS) is 27.1. The lowest BCUT2D eigenvalue weighted by Crippen LogP contribution is -2.40. The fourth-order valence-electron chi connectivity index (χ4n) is 2.88. The number of ether oxygens (including phenoxy) is 1. The Morgan fingerprint density at radius 3 is 2.72 bits per heavy atom. The van der Waals surface area contributed by atoms with Crippen molar-refractivity contribution in [3.05, 3.63) is 24.3 Å². The van der Waals surface area contributed by atoms with E-state index >= 15 is 0 Å². The Hall–Kier alpha value is -1.22. The summed E-state index contributed by atoms with van der Waals surface area (Å²) in [7, 11) is 1.80. The van der Waals surface area contributed by atoms with Crippen LogP contribution in [-0.2, 0) is 4.74 Å². The van der Waals surface area contributed by atoms with Crippen LogP contribution >= 0.6 is 0 Å². The maximum absolute atomic E-state index is 5.31. The Balaban J connectivity index is 1.60. The molecule has 0 aromatic heterocycles. The highest BCUT2D eigenvalue weighted by Crippen LogP contribution is 2.28. The van der Waals surface area contributed by atoms with E-state index in [1.54, 1.807) is 7.11 Å². The number of methoxy groups -OCH3 is 1. The number of nitrogens with zero attached hydrogens (tertiary/aromatic N) is 1. The molecule has 1 aliphatic heterocycles. The maximum Gasteiger partial charge on any atom is 0.0610 e. The third kappa shape index (κ3) is 2.46. The van der Waals surface area contributed by atoms with Crippen LogP contribution in [0.25, 0.3) is 0 Å². The smallest absolute Gasteiger partial charge is 0.0610 e. The minimum absolute atomic E-state index is 0.462. The van der Waals surface area contributed by atoms with Crippen molar-refractivity contribution in [3.8, 4) is 0 Å². The molecular formula is C15H22N2O. The van der Waals surface area contributed by atoms with Gasteiger partial charge in [0, 0.05) is 37.6 Å². The summed E-state index contributed by atoms with van der Waals surface area (Å²) < 4.78 is 5.31. The topological polar surface area (TPSA) is 24.5 Å². The van der Waals surface area contributed by atoms with Crippen LogP contribution in [0, 0.1) is 0 Å². The minimum Gasteiger partial charge on any atom is -0.382 e. The second kappa shape index (κ2) is 5.19. The van der Waals surface area contributed by atoms with Gasteiger partial charge in [-0.05, 0) is 43.9 Å². The Bertz CT molecular complexity index is 395. The van der Waals surface area contributed by atoms with E-state index in [9.17, 15) is 0 Å². The van der Waals surface area contributed by atoms with Crippen molar-refractivity contribution < 1.29 is 4.74 Å². The Labute approximate surface area is 109 Å². The molecule has 3 nitrogen and oxygen atoms in total. The number of hydrogen-bond acceptors (Lipinski definition) is 3. The molecule has 0 unspecified atom stereocenters. The van der Waals surface area contributed by atoms with Crippen LogP contribution in [0.1, 0.15) is 25.7 Å². The van der Waals surface area contributed by atoms with Crippen molar-refractivity contribution in [1.82, 2.24) is 0 Å². The summed E-state index contributed by atoms with van der Waals surface area (Å²) in [5, 5.41) is 3.60. The van der Waals surface area contributed by atoms with Gasteiger partial charge < -0.3 is 15.0 Å². The number of rotatable bonds is 4. The number of hydrogen-bond donors (Lipinski definition) is 1. The van der Waals surface area contributed by atoms with E-state index in [-0.39, 0.29) is 0 Å². The van der Waals surface area contributed by atoms with E-state index in [4.69, 9.17) is 4.74 Å². The molecule has 1 N–H and O–H groups in total. The molecule has 0 bridgehead atoms. The summed E-state index contributed by atoms with van der Waals surface area (Å²) in [6.45, 7) is 2.41. The van der Waals surface area contributed by atoms with Gasteiger partial charge in [-0.1, -0.05) is 6.07 Å². The molecule has 0 atom stereocenters. The summed E-state index contributed by atoms with van der Waals surface area (Å²) in [4.78, 5) is 2.48. The van der Waals surface area contributed by atoms with E-state index in [1.807, 2.05) is 0 Å². The van der Waals surface area contributed by atoms with Crippen LogP contribution in [-0.4, -0.2) is 32.3 Å². The Kier molecular flexibility index (Phi) is 3.41. The number of nitrogens with one attached hydrogen (secondary N) is 1. The lowest BCUT2D eigenvalue weighted by Gasteiger charge is -2.35. The first kappa shape index (κ1) is 11.8. The van der Waals surface area contributed by atoms with Crippen LogP contribution in [0.5, 0.6) is 0 Å². The van der Waals surface area contributed by atoms with Crippen LogP contribution in [0.4, 0.5) is 11.4 Å². The van der Waals surface area contributed by atoms with Crippen molar-refractivity contribution in [1.29, 1.82) is 0 Å². The fraction of sp³-hybridized carbons (Fsp3) is 0.600. The average Bonchev–Trinajstić information content (AvgIpc) is 2.87. The highest BCUT2D eigenvalue weighted by Gasteiger charge is 2.28. The van der Waals surface area contributed by atoms with Gasteiger partial charge in [0.1, 0.15) is 0 Å². The molecule has 3 rings (SSSR count). The van der Waals surface area contributed by atoms with Gasteiger partial charge in [0.25, 0.3) is 0 Å². The van der Waals surface area contributed by atoms with Gasteiger partial charge >= 0.3 is 0 Å². The second-order valence-electron chi connectivity index (χ2n) is 5.41. The molecule has 2 fully saturated rings. The third-order valence-electron chi connectivity index (χ3n) is 4.12. The SMILES string of the molecule is COC1CC(Nc2cccc(N3CCCC3)c2)C1. The molecule has 18 heavy (non-hydrogen) atoms. The molecule has 1 aromatic carbocycles.